The highest BCUT2D eigenvalue weighted by molar-refractivity contribution is 7.10. The summed E-state index contributed by atoms with van der Waals surface area (Å²) < 4.78 is 0. The molecule has 0 aliphatic carbocycles. The Hall–Kier alpha value is -1.61. The maximum Gasteiger partial charge on any atom is 0.303 e. The number of hydrogen-bond acceptors (Lipinski definition) is 2. The van der Waals surface area contributed by atoms with Crippen LogP contribution in [0.2, 0.25) is 0 Å². The van der Waals surface area contributed by atoms with Crippen molar-refractivity contribution in [3.8, 4) is 11.1 Å². The largest absolute Gasteiger partial charge is 0.481 e. The quantitative estimate of drug-likeness (QED) is 0.900. The number of aryl methyl sites for hydroxylation is 3. The molecular weight excluding hydrogens is 244 g/mol. The molecule has 0 unspecified atom stereocenters. The number of hydrogen-bond donors (Lipinski definition) is 1. The maximum absolute atomic E-state index is 10.7. The van der Waals surface area contributed by atoms with E-state index in [4.69, 9.17) is 5.11 Å². The molecule has 1 heterocycles. The zero-order valence-corrected chi connectivity index (χ0v) is 11.4. The first-order valence-corrected chi connectivity index (χ1v) is 6.81. The fourth-order valence-electron chi connectivity index (χ4n) is 2.02. The highest BCUT2D eigenvalue weighted by Crippen LogP contribution is 2.32. The lowest BCUT2D eigenvalue weighted by atomic mass is 9.98. The lowest BCUT2D eigenvalue weighted by Gasteiger charge is -2.08. The van der Waals surface area contributed by atoms with Crippen molar-refractivity contribution in [1.29, 1.82) is 0 Å². The third-order valence-electron chi connectivity index (χ3n) is 2.99. The number of rotatable bonds is 4. The summed E-state index contributed by atoms with van der Waals surface area (Å²) in [5.74, 6) is -0.740. The van der Waals surface area contributed by atoms with Crippen LogP contribution < -0.4 is 0 Å². The zero-order chi connectivity index (χ0) is 13.1. The first-order valence-electron chi connectivity index (χ1n) is 5.93. The molecule has 0 spiro atoms. The van der Waals surface area contributed by atoms with Crippen LogP contribution in [-0.2, 0) is 11.2 Å². The van der Waals surface area contributed by atoms with Gasteiger partial charge in [0.1, 0.15) is 0 Å². The van der Waals surface area contributed by atoms with Crippen molar-refractivity contribution in [3.05, 3.63) is 45.6 Å². The van der Waals surface area contributed by atoms with Crippen LogP contribution in [-0.4, -0.2) is 11.1 Å². The van der Waals surface area contributed by atoms with Gasteiger partial charge in [-0.1, -0.05) is 23.8 Å². The Morgan fingerprint density at radius 2 is 2.00 bits per heavy atom. The van der Waals surface area contributed by atoms with Gasteiger partial charge in [0.25, 0.3) is 0 Å². The molecule has 94 valence electrons. The van der Waals surface area contributed by atoms with Gasteiger partial charge in [-0.2, -0.15) is 0 Å². The van der Waals surface area contributed by atoms with Crippen LogP contribution in [0.5, 0.6) is 0 Å². The first kappa shape index (κ1) is 12.8. The summed E-state index contributed by atoms with van der Waals surface area (Å²) in [4.78, 5) is 11.8. The summed E-state index contributed by atoms with van der Waals surface area (Å²) in [6, 6.07) is 8.47. The van der Waals surface area contributed by atoms with E-state index < -0.39 is 5.97 Å². The Balaban J connectivity index is 2.36. The van der Waals surface area contributed by atoms with Crippen LogP contribution in [0.4, 0.5) is 0 Å². The standard InChI is InChI=1S/C15H16O2S/c1-10-3-4-11(2)13(9-10)12-7-8-18-14(12)5-6-15(16)17/h3-4,7-9H,5-6H2,1-2H3,(H,16,17). The second kappa shape index (κ2) is 5.36. The Bertz CT molecular complexity index is 570. The van der Waals surface area contributed by atoms with Crippen molar-refractivity contribution >= 4 is 17.3 Å². The summed E-state index contributed by atoms with van der Waals surface area (Å²) in [5, 5.41) is 10.8. The van der Waals surface area contributed by atoms with Gasteiger partial charge in [0.2, 0.25) is 0 Å². The number of benzene rings is 1. The zero-order valence-electron chi connectivity index (χ0n) is 10.6. The van der Waals surface area contributed by atoms with Crippen LogP contribution in [0.3, 0.4) is 0 Å². The van der Waals surface area contributed by atoms with E-state index in [1.165, 1.54) is 22.3 Å². The number of thiophene rings is 1. The molecule has 2 aromatic rings. The van der Waals surface area contributed by atoms with Crippen LogP contribution in [0.15, 0.2) is 29.6 Å². The molecule has 0 amide bonds. The van der Waals surface area contributed by atoms with Gasteiger partial charge >= 0.3 is 5.97 Å². The molecule has 0 bridgehead atoms. The predicted octanol–water partition coefficient (Wildman–Crippen LogP) is 4.05. The fraction of sp³-hybridized carbons (Fsp3) is 0.267. The van der Waals surface area contributed by atoms with Gasteiger partial charge < -0.3 is 5.11 Å². The summed E-state index contributed by atoms with van der Waals surface area (Å²) in [6.07, 6.45) is 0.800. The van der Waals surface area contributed by atoms with E-state index >= 15 is 0 Å². The van der Waals surface area contributed by atoms with Crippen molar-refractivity contribution < 1.29 is 9.90 Å². The van der Waals surface area contributed by atoms with E-state index in [1.54, 1.807) is 11.3 Å². The topological polar surface area (TPSA) is 37.3 Å². The number of carboxylic acids is 1. The van der Waals surface area contributed by atoms with E-state index in [-0.39, 0.29) is 6.42 Å². The smallest absolute Gasteiger partial charge is 0.303 e. The van der Waals surface area contributed by atoms with Crippen LogP contribution in [0, 0.1) is 13.8 Å². The molecule has 3 heteroatoms. The van der Waals surface area contributed by atoms with Crippen molar-refractivity contribution in [3.63, 3.8) is 0 Å². The number of carbonyl (C=O) groups is 1. The van der Waals surface area contributed by atoms with Gasteiger partial charge in [0.05, 0.1) is 6.42 Å². The molecule has 1 aromatic carbocycles. The minimum absolute atomic E-state index is 0.193. The normalized spacial score (nSPS) is 10.6. The molecule has 0 radical (unpaired) electrons. The molecule has 1 N–H and O–H groups in total. The Morgan fingerprint density at radius 1 is 1.22 bits per heavy atom. The Kier molecular flexibility index (Phi) is 3.82. The summed E-state index contributed by atoms with van der Waals surface area (Å²) in [6.45, 7) is 4.17. The molecule has 0 fully saturated rings. The molecule has 0 saturated heterocycles. The molecule has 0 aliphatic rings. The Morgan fingerprint density at radius 3 is 2.72 bits per heavy atom. The number of carboxylic acid groups (broad SMARTS) is 1. The van der Waals surface area contributed by atoms with Crippen molar-refractivity contribution in [2.45, 2.75) is 26.7 Å². The minimum atomic E-state index is -0.740. The van der Waals surface area contributed by atoms with Gasteiger partial charge in [-0.3, -0.25) is 4.79 Å². The molecular formula is C15H16O2S. The van der Waals surface area contributed by atoms with E-state index in [2.05, 4.69) is 38.1 Å². The van der Waals surface area contributed by atoms with E-state index in [0.717, 1.165) is 4.88 Å². The van der Waals surface area contributed by atoms with Crippen LogP contribution in [0.25, 0.3) is 11.1 Å². The summed E-state index contributed by atoms with van der Waals surface area (Å²) in [7, 11) is 0. The average Bonchev–Trinajstić information content (AvgIpc) is 2.77. The van der Waals surface area contributed by atoms with Crippen molar-refractivity contribution in [1.82, 2.24) is 0 Å². The van der Waals surface area contributed by atoms with Gasteiger partial charge in [-0.25, -0.2) is 0 Å². The first-order chi connectivity index (χ1) is 8.58. The third kappa shape index (κ3) is 2.79. The summed E-state index contributed by atoms with van der Waals surface area (Å²) >= 11 is 1.64. The van der Waals surface area contributed by atoms with Crippen molar-refractivity contribution in [2.24, 2.45) is 0 Å². The molecule has 2 rings (SSSR count). The van der Waals surface area contributed by atoms with Gasteiger partial charge in [-0.15, -0.1) is 11.3 Å². The van der Waals surface area contributed by atoms with E-state index in [9.17, 15) is 4.79 Å². The van der Waals surface area contributed by atoms with Crippen LogP contribution >= 0.6 is 11.3 Å². The van der Waals surface area contributed by atoms with Gasteiger partial charge in [-0.05, 0) is 48.4 Å². The lowest BCUT2D eigenvalue weighted by Crippen LogP contribution is -1.97. The van der Waals surface area contributed by atoms with E-state index in [1.807, 2.05) is 5.38 Å². The number of aliphatic carboxylic acids is 1. The van der Waals surface area contributed by atoms with E-state index in [0.29, 0.717) is 6.42 Å². The molecule has 18 heavy (non-hydrogen) atoms. The SMILES string of the molecule is Cc1ccc(C)c(-c2ccsc2CCC(=O)O)c1. The molecule has 0 saturated carbocycles. The fourth-order valence-corrected chi connectivity index (χ4v) is 2.91. The summed E-state index contributed by atoms with van der Waals surface area (Å²) in [5.41, 5.74) is 4.86. The molecule has 0 atom stereocenters. The maximum atomic E-state index is 10.7. The predicted molar refractivity (Wildman–Crippen MR) is 75.2 cm³/mol. The monoisotopic (exact) mass is 260 g/mol. The second-order valence-electron chi connectivity index (χ2n) is 4.47. The van der Waals surface area contributed by atoms with Crippen molar-refractivity contribution in [2.75, 3.05) is 0 Å². The molecule has 1 aromatic heterocycles. The molecule has 0 aliphatic heterocycles. The minimum Gasteiger partial charge on any atom is -0.481 e. The molecule has 2 nitrogen and oxygen atoms in total. The highest BCUT2D eigenvalue weighted by atomic mass is 32.1. The Labute approximate surface area is 111 Å². The van der Waals surface area contributed by atoms with Gasteiger partial charge in [0, 0.05) is 4.88 Å². The van der Waals surface area contributed by atoms with Crippen LogP contribution in [0.1, 0.15) is 22.4 Å². The highest BCUT2D eigenvalue weighted by Gasteiger charge is 2.10. The van der Waals surface area contributed by atoms with Gasteiger partial charge in [0.15, 0.2) is 0 Å². The average molecular weight is 260 g/mol. The lowest BCUT2D eigenvalue weighted by molar-refractivity contribution is -0.136. The third-order valence-corrected chi connectivity index (χ3v) is 3.98. The second-order valence-corrected chi connectivity index (χ2v) is 5.47.